The number of carbonyl (C=O) groups excluding carboxylic acids is 1. The van der Waals surface area contributed by atoms with Crippen LogP contribution >= 0.6 is 12.4 Å². The van der Waals surface area contributed by atoms with Gasteiger partial charge in [-0.25, -0.2) is 0 Å². The van der Waals surface area contributed by atoms with E-state index in [1.54, 1.807) is 4.90 Å². The average molecular weight is 326 g/mol. The number of piperidine rings is 1. The van der Waals surface area contributed by atoms with E-state index in [2.05, 4.69) is 17.1 Å². The van der Waals surface area contributed by atoms with Crippen LogP contribution in [0.4, 0.5) is 5.69 Å². The van der Waals surface area contributed by atoms with Crippen LogP contribution in [0.2, 0.25) is 0 Å². The fourth-order valence-corrected chi connectivity index (χ4v) is 2.93. The van der Waals surface area contributed by atoms with Gasteiger partial charge in [-0.05, 0) is 51.0 Å². The number of rotatable bonds is 6. The van der Waals surface area contributed by atoms with Crippen LogP contribution in [-0.2, 0) is 4.79 Å². The highest BCUT2D eigenvalue weighted by Gasteiger charge is 2.23. The lowest BCUT2D eigenvalue weighted by Crippen LogP contribution is -2.48. The zero-order valence-electron chi connectivity index (χ0n) is 13.6. The highest BCUT2D eigenvalue weighted by Crippen LogP contribution is 2.15. The molecule has 1 aromatic carbocycles. The van der Waals surface area contributed by atoms with Gasteiger partial charge in [-0.1, -0.05) is 25.1 Å². The molecule has 4 nitrogen and oxygen atoms in total. The van der Waals surface area contributed by atoms with Crippen LogP contribution in [0.3, 0.4) is 0 Å². The summed E-state index contributed by atoms with van der Waals surface area (Å²) in [7, 11) is 1.87. The molecule has 0 radical (unpaired) electrons. The largest absolute Gasteiger partial charge is 0.317 e. The van der Waals surface area contributed by atoms with Gasteiger partial charge in [0.2, 0.25) is 5.91 Å². The summed E-state index contributed by atoms with van der Waals surface area (Å²) in [4.78, 5) is 16.7. The summed E-state index contributed by atoms with van der Waals surface area (Å²) in [5, 5.41) is 3.39. The van der Waals surface area contributed by atoms with Crippen molar-refractivity contribution < 1.29 is 4.79 Å². The summed E-state index contributed by atoms with van der Waals surface area (Å²) in [6.45, 7) is 5.82. The van der Waals surface area contributed by atoms with Crippen LogP contribution in [0.25, 0.3) is 0 Å². The molecule has 0 unspecified atom stereocenters. The van der Waals surface area contributed by atoms with Crippen molar-refractivity contribution >= 4 is 24.0 Å². The summed E-state index contributed by atoms with van der Waals surface area (Å²) in [5.41, 5.74) is 0.962. The first-order chi connectivity index (χ1) is 10.2. The van der Waals surface area contributed by atoms with Crippen molar-refractivity contribution in [2.24, 2.45) is 0 Å². The third-order valence-corrected chi connectivity index (χ3v) is 4.19. The van der Waals surface area contributed by atoms with Crippen molar-refractivity contribution in [1.29, 1.82) is 0 Å². The molecule has 1 aliphatic rings. The lowest BCUT2D eigenvalue weighted by molar-refractivity contribution is -0.120. The van der Waals surface area contributed by atoms with Gasteiger partial charge in [0.15, 0.2) is 0 Å². The summed E-state index contributed by atoms with van der Waals surface area (Å²) in [6.07, 6.45) is 3.37. The minimum atomic E-state index is 0. The SMILES string of the molecule is CCCN(CC(=O)N(C)c1ccccc1)C1CCNCC1.Cl. The Morgan fingerprint density at radius 1 is 1.23 bits per heavy atom. The molecule has 0 atom stereocenters. The third-order valence-electron chi connectivity index (χ3n) is 4.19. The van der Waals surface area contributed by atoms with Crippen molar-refractivity contribution in [2.75, 3.05) is 38.1 Å². The molecule has 0 bridgehead atoms. The second-order valence-electron chi connectivity index (χ2n) is 5.74. The Morgan fingerprint density at radius 2 is 1.86 bits per heavy atom. The van der Waals surface area contributed by atoms with Crippen LogP contribution in [-0.4, -0.2) is 50.1 Å². The van der Waals surface area contributed by atoms with E-state index in [0.29, 0.717) is 12.6 Å². The van der Waals surface area contributed by atoms with Gasteiger partial charge in [0.25, 0.3) is 0 Å². The molecule has 0 aromatic heterocycles. The molecular formula is C17H28ClN3O. The fraction of sp³-hybridized carbons (Fsp3) is 0.588. The molecule has 1 heterocycles. The molecule has 1 N–H and O–H groups in total. The van der Waals surface area contributed by atoms with Crippen molar-refractivity contribution in [2.45, 2.75) is 32.2 Å². The molecule has 0 aliphatic carbocycles. The number of anilines is 1. The van der Waals surface area contributed by atoms with E-state index in [0.717, 1.165) is 44.6 Å². The van der Waals surface area contributed by atoms with E-state index in [1.807, 2.05) is 37.4 Å². The molecule has 0 spiro atoms. The van der Waals surface area contributed by atoms with Crippen molar-refractivity contribution in [3.63, 3.8) is 0 Å². The van der Waals surface area contributed by atoms with Crippen LogP contribution in [0, 0.1) is 0 Å². The van der Waals surface area contributed by atoms with E-state index in [9.17, 15) is 4.79 Å². The quantitative estimate of drug-likeness (QED) is 0.873. The number of halogens is 1. The topological polar surface area (TPSA) is 35.6 Å². The molecule has 124 valence electrons. The Morgan fingerprint density at radius 3 is 2.45 bits per heavy atom. The second kappa shape index (κ2) is 9.82. The van der Waals surface area contributed by atoms with Crippen molar-refractivity contribution in [3.8, 4) is 0 Å². The van der Waals surface area contributed by atoms with E-state index < -0.39 is 0 Å². The molecule has 1 aliphatic heterocycles. The molecule has 2 rings (SSSR count). The highest BCUT2D eigenvalue weighted by atomic mass is 35.5. The number of hydrogen-bond acceptors (Lipinski definition) is 3. The second-order valence-corrected chi connectivity index (χ2v) is 5.74. The minimum Gasteiger partial charge on any atom is -0.317 e. The summed E-state index contributed by atoms with van der Waals surface area (Å²) in [6, 6.07) is 10.4. The Balaban J connectivity index is 0.00000242. The van der Waals surface area contributed by atoms with E-state index in [-0.39, 0.29) is 18.3 Å². The monoisotopic (exact) mass is 325 g/mol. The number of nitrogens with zero attached hydrogens (tertiary/aromatic N) is 2. The molecule has 0 saturated carbocycles. The summed E-state index contributed by atoms with van der Waals surface area (Å²) < 4.78 is 0. The number of carbonyl (C=O) groups is 1. The van der Waals surface area contributed by atoms with Gasteiger partial charge in [0.1, 0.15) is 0 Å². The van der Waals surface area contributed by atoms with Gasteiger partial charge in [0, 0.05) is 18.8 Å². The van der Waals surface area contributed by atoms with E-state index in [1.165, 1.54) is 0 Å². The molecule has 1 aromatic rings. The maximum absolute atomic E-state index is 12.5. The van der Waals surface area contributed by atoms with Gasteiger partial charge in [-0.3, -0.25) is 9.69 Å². The zero-order chi connectivity index (χ0) is 15.1. The lowest BCUT2D eigenvalue weighted by Gasteiger charge is -2.35. The van der Waals surface area contributed by atoms with Crippen LogP contribution in [0.15, 0.2) is 30.3 Å². The number of likely N-dealkylation sites (N-methyl/N-ethyl adjacent to an activating group) is 1. The average Bonchev–Trinajstić information content (AvgIpc) is 2.55. The Hall–Kier alpha value is -1.10. The smallest absolute Gasteiger partial charge is 0.240 e. The first kappa shape index (κ1) is 18.9. The number of benzene rings is 1. The molecular weight excluding hydrogens is 298 g/mol. The first-order valence-corrected chi connectivity index (χ1v) is 7.98. The molecule has 1 saturated heterocycles. The minimum absolute atomic E-state index is 0. The van der Waals surface area contributed by atoms with Gasteiger partial charge in [0.05, 0.1) is 6.54 Å². The van der Waals surface area contributed by atoms with Gasteiger partial charge in [-0.2, -0.15) is 0 Å². The normalized spacial score (nSPS) is 15.4. The maximum atomic E-state index is 12.5. The van der Waals surface area contributed by atoms with Crippen LogP contribution in [0.1, 0.15) is 26.2 Å². The molecule has 1 amide bonds. The van der Waals surface area contributed by atoms with E-state index >= 15 is 0 Å². The van der Waals surface area contributed by atoms with Gasteiger partial charge < -0.3 is 10.2 Å². The Labute approximate surface area is 140 Å². The maximum Gasteiger partial charge on any atom is 0.240 e. The summed E-state index contributed by atoms with van der Waals surface area (Å²) in [5.74, 6) is 0.174. The molecule has 1 fully saturated rings. The predicted molar refractivity (Wildman–Crippen MR) is 94.9 cm³/mol. The van der Waals surface area contributed by atoms with Crippen LogP contribution < -0.4 is 10.2 Å². The zero-order valence-corrected chi connectivity index (χ0v) is 14.4. The van der Waals surface area contributed by atoms with Crippen molar-refractivity contribution in [1.82, 2.24) is 10.2 Å². The predicted octanol–water partition coefficient (Wildman–Crippen LogP) is 2.54. The highest BCUT2D eigenvalue weighted by molar-refractivity contribution is 5.94. The number of hydrogen-bond donors (Lipinski definition) is 1. The first-order valence-electron chi connectivity index (χ1n) is 7.98. The third kappa shape index (κ3) is 5.27. The number of amides is 1. The fourth-order valence-electron chi connectivity index (χ4n) is 2.93. The van der Waals surface area contributed by atoms with Gasteiger partial charge >= 0.3 is 0 Å². The summed E-state index contributed by atoms with van der Waals surface area (Å²) >= 11 is 0. The lowest BCUT2D eigenvalue weighted by atomic mass is 10.0. The van der Waals surface area contributed by atoms with Crippen molar-refractivity contribution in [3.05, 3.63) is 30.3 Å². The number of nitrogens with one attached hydrogen (secondary N) is 1. The van der Waals surface area contributed by atoms with Gasteiger partial charge in [-0.15, -0.1) is 12.4 Å². The Kier molecular flexibility index (Phi) is 8.46. The Bertz CT molecular complexity index is 435. The van der Waals surface area contributed by atoms with E-state index in [4.69, 9.17) is 0 Å². The number of para-hydroxylation sites is 1. The standard InChI is InChI=1S/C17H27N3O.ClH/c1-3-13-20(16-9-11-18-12-10-16)14-17(21)19(2)15-7-5-4-6-8-15;/h4-8,16,18H,3,9-14H2,1-2H3;1H. The molecule has 5 heteroatoms. The molecule has 22 heavy (non-hydrogen) atoms. The van der Waals surface area contributed by atoms with Crippen LogP contribution in [0.5, 0.6) is 0 Å².